The molecule has 0 bridgehead atoms. The highest BCUT2D eigenvalue weighted by Crippen LogP contribution is 2.46. The number of nitrogens with zero attached hydrogens (tertiary/aromatic N) is 3. The van der Waals surface area contributed by atoms with Gasteiger partial charge in [0.2, 0.25) is 0 Å². The number of nitrogens with one attached hydrogen (secondary N) is 1. The molecule has 1 N–H and O–H groups in total. The van der Waals surface area contributed by atoms with Crippen LogP contribution in [0.5, 0.6) is 0 Å². The Balaban J connectivity index is 1.49. The molecule has 1 aromatic heterocycles. The van der Waals surface area contributed by atoms with E-state index in [2.05, 4.69) is 59.6 Å². The second kappa shape index (κ2) is 6.97. The van der Waals surface area contributed by atoms with Crippen molar-refractivity contribution in [1.82, 2.24) is 20.1 Å². The van der Waals surface area contributed by atoms with Gasteiger partial charge in [-0.25, -0.2) is 4.79 Å². The average molecular weight is 364 g/mol. The molecule has 1 aromatic carbocycles. The van der Waals surface area contributed by atoms with E-state index in [0.717, 1.165) is 37.8 Å². The Hall–Kier alpha value is -2.40. The maximum atomic E-state index is 12.6. The summed E-state index contributed by atoms with van der Waals surface area (Å²) in [7, 11) is 4.35. The van der Waals surface area contributed by atoms with E-state index in [1.165, 1.54) is 5.56 Å². The first kappa shape index (κ1) is 18.0. The third-order valence-electron chi connectivity index (χ3n) is 6.48. The fourth-order valence-electron chi connectivity index (χ4n) is 4.79. The molecule has 5 heteroatoms. The van der Waals surface area contributed by atoms with Crippen LogP contribution in [0.15, 0.2) is 54.9 Å². The number of hydrogen-bond donors (Lipinski definition) is 1. The number of amides is 2. The standard InChI is InChI=1S/C22H28N4O/c1-25(2)22(19-6-4-3-5-7-19)12-10-21(11-13-22)17-26(20(27)24-21)16-18-8-14-23-15-9-18/h3-9,14-15H,10-13,16-17H2,1-2H3,(H,24,27). The van der Waals surface area contributed by atoms with Crippen LogP contribution in [0.4, 0.5) is 4.79 Å². The smallest absolute Gasteiger partial charge is 0.318 e. The zero-order valence-corrected chi connectivity index (χ0v) is 16.2. The zero-order chi connectivity index (χ0) is 18.9. The number of carbonyl (C=O) groups excluding carboxylic acids is 1. The quantitative estimate of drug-likeness (QED) is 0.905. The summed E-state index contributed by atoms with van der Waals surface area (Å²) in [5.74, 6) is 0. The molecule has 2 heterocycles. The highest BCUT2D eigenvalue weighted by atomic mass is 16.2. The minimum Gasteiger partial charge on any atom is -0.331 e. The Kier molecular flexibility index (Phi) is 4.64. The lowest BCUT2D eigenvalue weighted by Crippen LogP contribution is -2.54. The molecule has 0 radical (unpaired) electrons. The first-order valence-electron chi connectivity index (χ1n) is 9.72. The molecule has 1 saturated carbocycles. The van der Waals surface area contributed by atoms with Crippen molar-refractivity contribution in [2.45, 2.75) is 43.3 Å². The van der Waals surface area contributed by atoms with Crippen molar-refractivity contribution in [2.75, 3.05) is 20.6 Å². The molecule has 5 nitrogen and oxygen atoms in total. The molecule has 1 spiro atoms. The lowest BCUT2D eigenvalue weighted by Gasteiger charge is -2.48. The SMILES string of the molecule is CN(C)C1(c2ccccc2)CCC2(CC1)CN(Cc1ccncc1)C(=O)N2. The maximum Gasteiger partial charge on any atom is 0.318 e. The Morgan fingerprint density at radius 1 is 1.04 bits per heavy atom. The van der Waals surface area contributed by atoms with Gasteiger partial charge >= 0.3 is 6.03 Å². The number of urea groups is 1. The molecule has 2 fully saturated rings. The lowest BCUT2D eigenvalue weighted by atomic mass is 9.69. The van der Waals surface area contributed by atoms with Gasteiger partial charge in [-0.3, -0.25) is 9.88 Å². The number of benzene rings is 1. The van der Waals surface area contributed by atoms with E-state index in [4.69, 9.17) is 0 Å². The van der Waals surface area contributed by atoms with Crippen molar-refractivity contribution in [3.05, 3.63) is 66.0 Å². The Morgan fingerprint density at radius 2 is 1.70 bits per heavy atom. The second-order valence-corrected chi connectivity index (χ2v) is 8.21. The van der Waals surface area contributed by atoms with Crippen LogP contribution in [0, 0.1) is 0 Å². The summed E-state index contributed by atoms with van der Waals surface area (Å²) < 4.78 is 0. The molecule has 4 rings (SSSR count). The zero-order valence-electron chi connectivity index (χ0n) is 16.2. The Bertz CT molecular complexity index is 782. The lowest BCUT2D eigenvalue weighted by molar-refractivity contribution is 0.0617. The van der Waals surface area contributed by atoms with Crippen LogP contribution in [0.1, 0.15) is 36.8 Å². The molecule has 142 valence electrons. The van der Waals surface area contributed by atoms with Gasteiger partial charge in [0.25, 0.3) is 0 Å². The van der Waals surface area contributed by atoms with E-state index in [1.807, 2.05) is 17.0 Å². The molecule has 27 heavy (non-hydrogen) atoms. The van der Waals surface area contributed by atoms with Gasteiger partial charge in [-0.15, -0.1) is 0 Å². The molecule has 1 saturated heterocycles. The number of aromatic nitrogens is 1. The van der Waals surface area contributed by atoms with Gasteiger partial charge in [-0.2, -0.15) is 0 Å². The molecule has 2 aliphatic rings. The first-order valence-corrected chi connectivity index (χ1v) is 9.72. The third-order valence-corrected chi connectivity index (χ3v) is 6.48. The molecule has 1 aliphatic heterocycles. The molecule has 0 atom stereocenters. The van der Waals surface area contributed by atoms with Gasteiger partial charge in [0.05, 0.1) is 5.54 Å². The monoisotopic (exact) mass is 364 g/mol. The summed E-state index contributed by atoms with van der Waals surface area (Å²) >= 11 is 0. The summed E-state index contributed by atoms with van der Waals surface area (Å²) in [6, 6.07) is 14.8. The topological polar surface area (TPSA) is 48.5 Å². The van der Waals surface area contributed by atoms with E-state index in [9.17, 15) is 4.79 Å². The van der Waals surface area contributed by atoms with E-state index >= 15 is 0 Å². The van der Waals surface area contributed by atoms with Crippen LogP contribution >= 0.6 is 0 Å². The highest BCUT2D eigenvalue weighted by Gasteiger charge is 2.49. The number of rotatable bonds is 4. The van der Waals surface area contributed by atoms with Crippen molar-refractivity contribution in [3.8, 4) is 0 Å². The van der Waals surface area contributed by atoms with Crippen LogP contribution in [0.3, 0.4) is 0 Å². The van der Waals surface area contributed by atoms with Crippen LogP contribution in [0.25, 0.3) is 0 Å². The predicted octanol–water partition coefficient (Wildman–Crippen LogP) is 3.38. The van der Waals surface area contributed by atoms with Gasteiger partial charge in [0.15, 0.2) is 0 Å². The summed E-state index contributed by atoms with van der Waals surface area (Å²) in [6.07, 6.45) is 7.66. The fourth-order valence-corrected chi connectivity index (χ4v) is 4.79. The summed E-state index contributed by atoms with van der Waals surface area (Å²) in [4.78, 5) is 21.0. The number of carbonyl (C=O) groups is 1. The first-order chi connectivity index (χ1) is 13.0. The van der Waals surface area contributed by atoms with Gasteiger partial charge in [-0.1, -0.05) is 30.3 Å². The van der Waals surface area contributed by atoms with Crippen LogP contribution < -0.4 is 5.32 Å². The van der Waals surface area contributed by atoms with Crippen molar-refractivity contribution in [2.24, 2.45) is 0 Å². The fraction of sp³-hybridized carbons (Fsp3) is 0.455. The van der Waals surface area contributed by atoms with E-state index in [0.29, 0.717) is 6.54 Å². The van der Waals surface area contributed by atoms with Crippen molar-refractivity contribution in [3.63, 3.8) is 0 Å². The summed E-state index contributed by atoms with van der Waals surface area (Å²) in [5.41, 5.74) is 2.46. The van der Waals surface area contributed by atoms with Crippen LogP contribution in [-0.2, 0) is 12.1 Å². The van der Waals surface area contributed by atoms with Gasteiger partial charge in [0.1, 0.15) is 0 Å². The minimum atomic E-state index is -0.0988. The van der Waals surface area contributed by atoms with E-state index in [-0.39, 0.29) is 17.1 Å². The van der Waals surface area contributed by atoms with E-state index < -0.39 is 0 Å². The highest BCUT2D eigenvalue weighted by molar-refractivity contribution is 5.78. The molecular weight excluding hydrogens is 336 g/mol. The van der Waals surface area contributed by atoms with Crippen molar-refractivity contribution < 1.29 is 4.79 Å². The summed E-state index contributed by atoms with van der Waals surface area (Å²) in [5, 5.41) is 3.32. The van der Waals surface area contributed by atoms with Gasteiger partial charge in [0, 0.05) is 31.0 Å². The Labute approximate surface area is 161 Å². The summed E-state index contributed by atoms with van der Waals surface area (Å²) in [6.45, 7) is 1.43. The minimum absolute atomic E-state index is 0.0513. The molecule has 2 aromatic rings. The second-order valence-electron chi connectivity index (χ2n) is 8.21. The van der Waals surface area contributed by atoms with E-state index in [1.54, 1.807) is 12.4 Å². The normalized spacial score (nSPS) is 28.0. The van der Waals surface area contributed by atoms with Crippen molar-refractivity contribution in [1.29, 1.82) is 0 Å². The molecular formula is C22H28N4O. The van der Waals surface area contributed by atoms with Crippen molar-refractivity contribution >= 4 is 6.03 Å². The number of hydrogen-bond acceptors (Lipinski definition) is 3. The third kappa shape index (κ3) is 3.32. The Morgan fingerprint density at radius 3 is 2.33 bits per heavy atom. The van der Waals surface area contributed by atoms with Crippen LogP contribution in [-0.4, -0.2) is 47.0 Å². The largest absolute Gasteiger partial charge is 0.331 e. The molecule has 1 aliphatic carbocycles. The predicted molar refractivity (Wildman–Crippen MR) is 106 cm³/mol. The average Bonchev–Trinajstić information content (AvgIpc) is 2.99. The molecule has 2 amide bonds. The maximum absolute atomic E-state index is 12.6. The van der Waals surface area contributed by atoms with Crippen LogP contribution in [0.2, 0.25) is 0 Å². The number of pyridine rings is 1. The van der Waals surface area contributed by atoms with Gasteiger partial charge in [-0.05, 0) is 63.0 Å². The van der Waals surface area contributed by atoms with Gasteiger partial charge < -0.3 is 10.2 Å². The molecule has 0 unspecified atom stereocenters.